The minimum Gasteiger partial charge on any atom is -0.491 e. The summed E-state index contributed by atoms with van der Waals surface area (Å²) in [5.41, 5.74) is 3.62. The Labute approximate surface area is 306 Å². The topological polar surface area (TPSA) is 118 Å². The summed E-state index contributed by atoms with van der Waals surface area (Å²) >= 11 is 12.9. The van der Waals surface area contributed by atoms with E-state index < -0.39 is 5.79 Å². The van der Waals surface area contributed by atoms with Gasteiger partial charge < -0.3 is 24.0 Å². The number of tetrazole rings is 1. The van der Waals surface area contributed by atoms with Gasteiger partial charge in [0, 0.05) is 60.6 Å². The van der Waals surface area contributed by atoms with Crippen LogP contribution >= 0.6 is 23.2 Å². The van der Waals surface area contributed by atoms with E-state index in [1.165, 1.54) is 4.68 Å². The van der Waals surface area contributed by atoms with Crippen LogP contribution in [0.15, 0.2) is 77.9 Å². The first-order valence-electron chi connectivity index (χ1n) is 17.2. The van der Waals surface area contributed by atoms with Gasteiger partial charge in [-0.05, 0) is 77.5 Å². The second kappa shape index (κ2) is 15.0. The van der Waals surface area contributed by atoms with Gasteiger partial charge in [-0.3, -0.25) is 0 Å². The molecular weight excluding hydrogens is 693 g/mol. The molecule has 2 fully saturated rings. The molecule has 0 spiro atoms. The van der Waals surface area contributed by atoms with E-state index in [1.54, 1.807) is 27.7 Å². The lowest BCUT2D eigenvalue weighted by molar-refractivity contribution is -0.191. The number of piperazine rings is 1. The van der Waals surface area contributed by atoms with Gasteiger partial charge in [-0.2, -0.15) is 5.10 Å². The van der Waals surface area contributed by atoms with Crippen LogP contribution < -0.4 is 20.2 Å². The number of aryl methyl sites for hydroxylation is 1. The zero-order chi connectivity index (χ0) is 35.5. The molecule has 0 aliphatic carbocycles. The van der Waals surface area contributed by atoms with Crippen LogP contribution in [0.5, 0.6) is 5.75 Å². The van der Waals surface area contributed by atoms with Gasteiger partial charge in [0.05, 0.1) is 17.3 Å². The van der Waals surface area contributed by atoms with Gasteiger partial charge in [-0.25, -0.2) is 18.7 Å². The molecule has 13 nitrogen and oxygen atoms in total. The van der Waals surface area contributed by atoms with Crippen molar-refractivity contribution in [3.8, 4) is 11.4 Å². The zero-order valence-electron chi connectivity index (χ0n) is 28.9. The number of hydrogen-bond acceptors (Lipinski definition) is 10. The van der Waals surface area contributed by atoms with E-state index in [4.69, 9.17) is 37.4 Å². The number of benzene rings is 3. The number of hydrogen-bond donors (Lipinski definition) is 0. The molecule has 0 radical (unpaired) electrons. The minimum absolute atomic E-state index is 0.102. The maximum absolute atomic E-state index is 12.6. The molecule has 0 unspecified atom stereocenters. The highest BCUT2D eigenvalue weighted by Crippen LogP contribution is 2.41. The quantitative estimate of drug-likeness (QED) is 0.162. The van der Waals surface area contributed by atoms with E-state index in [0.717, 1.165) is 55.4 Å². The maximum atomic E-state index is 12.6. The molecule has 2 saturated heterocycles. The second-order valence-corrected chi connectivity index (χ2v) is 13.9. The van der Waals surface area contributed by atoms with Gasteiger partial charge in [0.2, 0.25) is 5.79 Å². The summed E-state index contributed by atoms with van der Waals surface area (Å²) in [6.07, 6.45) is 2.09. The fourth-order valence-corrected chi connectivity index (χ4v) is 7.11. The fourth-order valence-electron chi connectivity index (χ4n) is 6.56. The fraction of sp³-hybridized carbons (Fsp3) is 0.417. The zero-order valence-corrected chi connectivity index (χ0v) is 30.4. The van der Waals surface area contributed by atoms with Gasteiger partial charge in [0.15, 0.2) is 5.82 Å². The molecule has 7 rings (SSSR count). The molecule has 0 saturated carbocycles. The van der Waals surface area contributed by atoms with Gasteiger partial charge in [0.1, 0.15) is 31.3 Å². The van der Waals surface area contributed by atoms with Crippen LogP contribution in [0.4, 0.5) is 11.4 Å². The van der Waals surface area contributed by atoms with Crippen molar-refractivity contribution in [2.45, 2.75) is 58.1 Å². The first-order chi connectivity index (χ1) is 24.7. The summed E-state index contributed by atoms with van der Waals surface area (Å²) in [5.74, 6) is 0.337. The van der Waals surface area contributed by atoms with Crippen molar-refractivity contribution in [2.75, 3.05) is 49.2 Å². The molecule has 0 bridgehead atoms. The van der Waals surface area contributed by atoms with E-state index in [1.807, 2.05) is 51.1 Å². The van der Waals surface area contributed by atoms with Crippen LogP contribution in [0, 0.1) is 0 Å². The third-order valence-corrected chi connectivity index (χ3v) is 9.76. The van der Waals surface area contributed by atoms with E-state index in [9.17, 15) is 4.79 Å². The lowest BCUT2D eigenvalue weighted by Crippen LogP contribution is -2.46. The van der Waals surface area contributed by atoms with Crippen molar-refractivity contribution in [3.05, 3.63) is 105 Å². The maximum Gasteiger partial charge on any atom is 0.350 e. The normalized spacial score (nSPS) is 19.3. The summed E-state index contributed by atoms with van der Waals surface area (Å²) in [6, 6.07) is 21.5. The van der Waals surface area contributed by atoms with Crippen LogP contribution in [0.1, 0.15) is 44.5 Å². The summed E-state index contributed by atoms with van der Waals surface area (Å²) in [6.45, 7) is 11.0. The van der Waals surface area contributed by atoms with Crippen molar-refractivity contribution >= 4 is 34.6 Å². The Hall–Kier alpha value is -4.43. The van der Waals surface area contributed by atoms with Crippen LogP contribution in [0.2, 0.25) is 10.0 Å². The van der Waals surface area contributed by atoms with Crippen molar-refractivity contribution in [1.29, 1.82) is 0 Å². The molecule has 2 aliphatic rings. The summed E-state index contributed by atoms with van der Waals surface area (Å²) < 4.78 is 23.9. The van der Waals surface area contributed by atoms with Crippen molar-refractivity contribution in [1.82, 2.24) is 34.6 Å². The highest BCUT2D eigenvalue weighted by Gasteiger charge is 2.46. The average molecular weight is 735 g/mol. The molecule has 2 aromatic heterocycles. The summed E-state index contributed by atoms with van der Waals surface area (Å²) in [4.78, 5) is 17.4. The van der Waals surface area contributed by atoms with E-state index >= 15 is 0 Å². The molecular formula is C36H41Cl2N9O4. The predicted octanol–water partition coefficient (Wildman–Crippen LogP) is 5.53. The largest absolute Gasteiger partial charge is 0.491 e. The Morgan fingerprint density at radius 2 is 1.59 bits per heavy atom. The third-order valence-electron chi connectivity index (χ3n) is 9.21. The number of anilines is 2. The Kier molecular flexibility index (Phi) is 10.3. The highest BCUT2D eigenvalue weighted by molar-refractivity contribution is 6.35. The molecule has 2 aliphatic heterocycles. The Morgan fingerprint density at radius 3 is 2.24 bits per heavy atom. The van der Waals surface area contributed by atoms with Gasteiger partial charge in [-0.15, -0.1) is 5.10 Å². The number of nitrogens with zero attached hydrogens (tertiary/aromatic N) is 9. The molecule has 51 heavy (non-hydrogen) atoms. The van der Waals surface area contributed by atoms with E-state index in [2.05, 4.69) is 54.7 Å². The summed E-state index contributed by atoms with van der Waals surface area (Å²) in [7, 11) is 0. The molecule has 5 aromatic rings. The van der Waals surface area contributed by atoms with E-state index in [-0.39, 0.29) is 30.9 Å². The van der Waals surface area contributed by atoms with Gasteiger partial charge in [-0.1, -0.05) is 50.0 Å². The first kappa shape index (κ1) is 35.0. The van der Waals surface area contributed by atoms with Crippen LogP contribution in [-0.4, -0.2) is 80.1 Å². The van der Waals surface area contributed by atoms with Crippen molar-refractivity contribution < 1.29 is 14.2 Å². The average Bonchev–Trinajstić information content (AvgIpc) is 3.87. The molecule has 268 valence electrons. The van der Waals surface area contributed by atoms with Crippen LogP contribution in [-0.2, 0) is 28.4 Å². The SMILES string of the molecule is CCCn1ncn(-c2ccc(N3CCN(c4ccc(OC[C@@H]5CO[C@@](Cn6nnnc6C(C)C)(c6ccc(Cl)cc6Cl)O5)cc4)CC3)cc2)c1=O. The monoisotopic (exact) mass is 733 g/mol. The highest BCUT2D eigenvalue weighted by atomic mass is 35.5. The standard InChI is InChI=1S/C36H41Cl2N9O4/c1-4-15-46-35(48)45(24-39-46)29-8-6-27(7-9-29)43-16-18-44(19-17-43)28-10-12-30(13-11-28)49-21-31-22-50-36(51-31,32-14-5-26(37)20-33(32)38)23-47-34(25(2)3)40-41-42-47/h5-14,20,24-25,31H,4,15-19,21-23H2,1-3H3/t31-,36-/m1/s1. The third kappa shape index (κ3) is 7.48. The van der Waals surface area contributed by atoms with E-state index in [0.29, 0.717) is 34.6 Å². The smallest absolute Gasteiger partial charge is 0.350 e. The predicted molar refractivity (Wildman–Crippen MR) is 195 cm³/mol. The van der Waals surface area contributed by atoms with Crippen LogP contribution in [0.3, 0.4) is 0 Å². The minimum atomic E-state index is -1.22. The number of aromatic nitrogens is 7. The summed E-state index contributed by atoms with van der Waals surface area (Å²) in [5, 5.41) is 17.4. The first-order valence-corrected chi connectivity index (χ1v) is 18.0. The van der Waals surface area contributed by atoms with Gasteiger partial charge in [0.25, 0.3) is 0 Å². The molecule has 2 atom stereocenters. The number of halogens is 2. The van der Waals surface area contributed by atoms with Crippen molar-refractivity contribution in [3.63, 3.8) is 0 Å². The van der Waals surface area contributed by atoms with Crippen molar-refractivity contribution in [2.24, 2.45) is 0 Å². The molecule has 15 heteroatoms. The lowest BCUT2D eigenvalue weighted by atomic mass is 10.1. The molecule has 0 amide bonds. The Bertz CT molecular complexity index is 1990. The molecule has 0 N–H and O–H groups in total. The lowest BCUT2D eigenvalue weighted by Gasteiger charge is -2.37. The van der Waals surface area contributed by atoms with Gasteiger partial charge >= 0.3 is 5.69 Å². The second-order valence-electron chi connectivity index (χ2n) is 13.1. The molecule has 4 heterocycles. The molecule has 3 aromatic carbocycles. The number of ether oxygens (including phenoxy) is 3. The number of rotatable bonds is 12. The van der Waals surface area contributed by atoms with Crippen LogP contribution in [0.25, 0.3) is 5.69 Å². The Balaban J connectivity index is 0.942. The Morgan fingerprint density at radius 1 is 0.922 bits per heavy atom.